The number of imidazole rings is 1. The molecule has 4 N–H and O–H groups in total. The van der Waals surface area contributed by atoms with Crippen LogP contribution >= 0.6 is 20.7 Å². The standard InChI is InChI=1S/C44H54IN7O7/c1-25(2)38(50-43(56)58-7)41(54)51-18-8-10-33(51)39-45-22-31(48-39)27-12-14-28(15-13-27)36-21-30-20-29(16-17-35(30)59-36)32-23-46-40(49-32)34-11-9-19-52(34)42(55)44(5,26(3)4)47-24-37(53)57-6/h12-17,20-23,25-26,33-34,38,47-48H,8-11,18-19,24H2,1-7H3,(H,46,49)(H,50,56)/t33-,34-,38-,44?/m0/s1. The smallest absolute Gasteiger partial charge is 0.407 e. The maximum absolute atomic E-state index is 14.0. The number of benzene rings is 2. The molecule has 3 aliphatic heterocycles. The lowest BCUT2D eigenvalue weighted by Gasteiger charge is -2.38. The summed E-state index contributed by atoms with van der Waals surface area (Å²) in [4.78, 5) is 63.6. The van der Waals surface area contributed by atoms with Crippen LogP contribution in [-0.2, 0) is 23.9 Å². The van der Waals surface area contributed by atoms with Crippen LogP contribution in [0.1, 0.15) is 77.7 Å². The quantitative estimate of drug-likeness (QED) is 0.0836. The third-order valence-corrected chi connectivity index (χ3v) is 14.5. The second-order valence-corrected chi connectivity index (χ2v) is 18.6. The number of nitrogens with one attached hydrogen (secondary N) is 4. The predicted octanol–water partition coefficient (Wildman–Crippen LogP) is 6.70. The number of rotatable bonds is 13. The number of methoxy groups -OCH3 is 2. The Hall–Kier alpha value is -5.03. The highest BCUT2D eigenvalue weighted by Gasteiger charge is 2.44. The molecule has 3 aliphatic rings. The van der Waals surface area contributed by atoms with Gasteiger partial charge in [-0.2, -0.15) is 0 Å². The Morgan fingerprint density at radius 3 is 2.32 bits per heavy atom. The lowest BCUT2D eigenvalue weighted by atomic mass is 9.86. The van der Waals surface area contributed by atoms with Gasteiger partial charge in [-0.25, -0.2) is 9.78 Å². The number of carbonyl (C=O) groups is 4. The minimum atomic E-state index is -0.948. The van der Waals surface area contributed by atoms with E-state index in [0.717, 1.165) is 76.3 Å². The summed E-state index contributed by atoms with van der Waals surface area (Å²) < 4.78 is 19.4. The number of hydrogen-bond acceptors (Lipinski definition) is 10. The maximum atomic E-state index is 14.0. The van der Waals surface area contributed by atoms with Crippen molar-refractivity contribution in [3.8, 4) is 22.6 Å². The molecule has 314 valence electrons. The Morgan fingerprint density at radius 2 is 1.63 bits per heavy atom. The van der Waals surface area contributed by atoms with Gasteiger partial charge >= 0.3 is 12.1 Å². The van der Waals surface area contributed by atoms with E-state index in [-0.39, 0.29) is 42.3 Å². The van der Waals surface area contributed by atoms with E-state index in [0.29, 0.717) is 13.1 Å². The van der Waals surface area contributed by atoms with Crippen molar-refractivity contribution in [1.29, 1.82) is 0 Å². The summed E-state index contributed by atoms with van der Waals surface area (Å²) >= 11 is -0.442. The summed E-state index contributed by atoms with van der Waals surface area (Å²) in [5, 5.41) is 10.5. The van der Waals surface area contributed by atoms with Crippen molar-refractivity contribution in [2.45, 2.75) is 84.0 Å². The molecule has 2 fully saturated rings. The topological polar surface area (TPSA) is 171 Å². The van der Waals surface area contributed by atoms with Gasteiger partial charge in [0.25, 0.3) is 0 Å². The zero-order valence-corrected chi connectivity index (χ0v) is 36.8. The number of H-pyrrole nitrogens is 1. The number of furan rings is 1. The zero-order valence-electron chi connectivity index (χ0n) is 34.7. The van der Waals surface area contributed by atoms with E-state index in [2.05, 4.69) is 55.3 Å². The highest BCUT2D eigenvalue weighted by atomic mass is 127. The minimum Gasteiger partial charge on any atom is -0.468 e. The first-order chi connectivity index (χ1) is 28.3. The van der Waals surface area contributed by atoms with E-state index < -0.39 is 44.4 Å². The molecule has 7 rings (SSSR count). The van der Waals surface area contributed by atoms with Crippen LogP contribution in [0.5, 0.6) is 0 Å². The van der Waals surface area contributed by atoms with Gasteiger partial charge in [0, 0.05) is 29.6 Å². The van der Waals surface area contributed by atoms with Crippen molar-refractivity contribution < 1.29 is 33.1 Å². The van der Waals surface area contributed by atoms with E-state index in [1.54, 1.807) is 0 Å². The molecular weight excluding hydrogens is 865 g/mol. The summed E-state index contributed by atoms with van der Waals surface area (Å²) in [5.74, 6) is 0.808. The number of aromatic amines is 1. The van der Waals surface area contributed by atoms with Crippen molar-refractivity contribution in [1.82, 2.24) is 35.7 Å². The molecule has 1 unspecified atom stereocenters. The fraction of sp³-hybridized carbons (Fsp3) is 0.455. The number of alkyl carbamates (subject to hydrolysis) is 1. The van der Waals surface area contributed by atoms with Crippen LogP contribution in [0.2, 0.25) is 0 Å². The third-order valence-electron chi connectivity index (χ3n) is 11.9. The summed E-state index contributed by atoms with van der Waals surface area (Å²) in [5.41, 5.74) is 4.70. The van der Waals surface area contributed by atoms with Gasteiger partial charge in [0.2, 0.25) is 11.8 Å². The number of esters is 1. The van der Waals surface area contributed by atoms with Crippen molar-refractivity contribution in [3.05, 3.63) is 70.2 Å². The van der Waals surface area contributed by atoms with Gasteiger partial charge in [-0.1, -0.05) is 72.7 Å². The first-order valence-electron chi connectivity index (χ1n) is 20.3. The Labute approximate surface area is 354 Å². The fourth-order valence-electron chi connectivity index (χ4n) is 8.03. The Morgan fingerprint density at radius 1 is 0.932 bits per heavy atom. The molecule has 2 saturated heterocycles. The van der Waals surface area contributed by atoms with Crippen molar-refractivity contribution in [2.24, 2.45) is 11.8 Å². The van der Waals surface area contributed by atoms with Gasteiger partial charge in [-0.05, 0) is 78.4 Å². The number of halogens is 1. The van der Waals surface area contributed by atoms with Gasteiger partial charge in [0.1, 0.15) is 23.2 Å². The van der Waals surface area contributed by atoms with Crippen LogP contribution in [-0.4, -0.2) is 98.8 Å². The second-order valence-electron chi connectivity index (χ2n) is 16.2. The highest BCUT2D eigenvalue weighted by Crippen LogP contribution is 2.37. The van der Waals surface area contributed by atoms with Gasteiger partial charge in [0.05, 0.1) is 59.6 Å². The van der Waals surface area contributed by atoms with Crippen LogP contribution in [0, 0.1) is 11.8 Å². The van der Waals surface area contributed by atoms with Crippen molar-refractivity contribution >= 4 is 64.9 Å². The van der Waals surface area contributed by atoms with Gasteiger partial charge < -0.3 is 39.3 Å². The molecule has 0 radical (unpaired) electrons. The summed E-state index contributed by atoms with van der Waals surface area (Å²) in [6.45, 7) is 10.9. The molecule has 0 spiro atoms. The van der Waals surface area contributed by atoms with E-state index in [1.807, 2.05) is 68.8 Å². The maximum Gasteiger partial charge on any atom is 0.407 e. The van der Waals surface area contributed by atoms with Crippen molar-refractivity contribution in [2.75, 3.05) is 33.9 Å². The second kappa shape index (κ2) is 17.7. The van der Waals surface area contributed by atoms with Crippen molar-refractivity contribution in [3.63, 3.8) is 0 Å². The van der Waals surface area contributed by atoms with Crippen LogP contribution in [0.15, 0.2) is 63.2 Å². The average molecular weight is 920 g/mol. The molecule has 2 aromatic heterocycles. The van der Waals surface area contributed by atoms with Crippen LogP contribution in [0.25, 0.3) is 39.2 Å². The van der Waals surface area contributed by atoms with Crippen LogP contribution < -0.4 is 16.0 Å². The number of ether oxygens (including phenoxy) is 2. The van der Waals surface area contributed by atoms with E-state index in [1.165, 1.54) is 17.9 Å². The lowest BCUT2D eigenvalue weighted by Crippen LogP contribution is -2.60. The molecule has 0 saturated carbocycles. The third kappa shape index (κ3) is 8.67. The number of amides is 3. The average Bonchev–Trinajstić information content (AvgIpc) is 4.09. The van der Waals surface area contributed by atoms with Gasteiger partial charge in [-0.15, -0.1) is 0 Å². The Bertz CT molecular complexity index is 2280. The first kappa shape index (κ1) is 42.1. The Balaban J connectivity index is 1.01. The normalized spacial score (nSPS) is 19.5. The van der Waals surface area contributed by atoms with Crippen LogP contribution in [0.3, 0.4) is 0 Å². The number of nitrogens with zero attached hydrogens (tertiary/aromatic N) is 3. The van der Waals surface area contributed by atoms with E-state index in [4.69, 9.17) is 18.9 Å². The fourth-order valence-corrected chi connectivity index (χ4v) is 10.7. The number of hydrogen-bond donors (Lipinski definition) is 4. The Kier molecular flexibility index (Phi) is 12.6. The molecule has 4 atom stereocenters. The zero-order chi connectivity index (χ0) is 42.0. The molecule has 0 aliphatic carbocycles. The SMILES string of the molecule is COC(=O)CNC(C)(C(=O)N1CCC[C@H]1c1ncc(-c2ccc3oc(-c4ccc(C5=CI=C([C@@H]6CCCN6C(=O)[C@@H](NC(=O)OC)C(C)C)N5)cc4)cc3c2)[nH]1)C(C)C. The van der Waals surface area contributed by atoms with Gasteiger partial charge in [0.15, 0.2) is 0 Å². The summed E-state index contributed by atoms with van der Waals surface area (Å²) in [6.07, 6.45) is 4.67. The molecule has 59 heavy (non-hydrogen) atoms. The van der Waals surface area contributed by atoms with E-state index in [9.17, 15) is 19.2 Å². The molecule has 5 heterocycles. The molecule has 3 amide bonds. The molecule has 0 bridgehead atoms. The number of likely N-dealkylation sites (tertiary alicyclic amines) is 2. The number of carbonyl (C=O) groups excluding carboxylic acids is 4. The minimum absolute atomic E-state index is 0.00609. The number of fused-ring (bicyclic) bond motifs is 1. The van der Waals surface area contributed by atoms with E-state index >= 15 is 0 Å². The summed E-state index contributed by atoms with van der Waals surface area (Å²) in [7, 11) is 2.64. The molecular formula is C44H54IN7O7. The predicted molar refractivity (Wildman–Crippen MR) is 235 cm³/mol. The molecule has 15 heteroatoms. The number of aromatic nitrogens is 2. The lowest BCUT2D eigenvalue weighted by molar-refractivity contribution is -0.143. The molecule has 4 aromatic rings. The molecule has 2 aromatic carbocycles. The highest BCUT2D eigenvalue weighted by molar-refractivity contribution is 14.2. The molecule has 14 nitrogen and oxygen atoms in total. The largest absolute Gasteiger partial charge is 0.468 e. The first-order valence-corrected chi connectivity index (χ1v) is 22.6. The summed E-state index contributed by atoms with van der Waals surface area (Å²) in [6, 6.07) is 15.6. The van der Waals surface area contributed by atoms with Crippen LogP contribution in [0.4, 0.5) is 4.79 Å². The monoisotopic (exact) mass is 919 g/mol. The van der Waals surface area contributed by atoms with Gasteiger partial charge in [-0.3, -0.25) is 19.7 Å².